The van der Waals surface area contributed by atoms with Crippen LogP contribution < -0.4 is 10.5 Å². The Morgan fingerprint density at radius 3 is 2.75 bits per heavy atom. The summed E-state index contributed by atoms with van der Waals surface area (Å²) in [4.78, 5) is 4.31. The highest BCUT2D eigenvalue weighted by atomic mass is 35.5. The Morgan fingerprint density at radius 1 is 1.30 bits per heavy atom. The highest BCUT2D eigenvalue weighted by Crippen LogP contribution is 2.39. The Balaban J connectivity index is 2.29. The summed E-state index contributed by atoms with van der Waals surface area (Å²) in [5.41, 5.74) is 7.23. The monoisotopic (exact) mass is 308 g/mol. The van der Waals surface area contributed by atoms with E-state index in [1.807, 2.05) is 43.3 Å². The fourth-order valence-corrected chi connectivity index (χ4v) is 3.17. The molecular formula is C15H17ClN2OS. The first-order valence-corrected chi connectivity index (χ1v) is 7.54. The summed E-state index contributed by atoms with van der Waals surface area (Å²) in [6.07, 6.45) is 1.73. The number of nitrogens with two attached hydrogens (primary N) is 1. The van der Waals surface area contributed by atoms with Crippen LogP contribution in [0.2, 0.25) is 5.02 Å². The average Bonchev–Trinajstić information content (AvgIpc) is 2.46. The van der Waals surface area contributed by atoms with Gasteiger partial charge in [-0.25, -0.2) is 4.98 Å². The third kappa shape index (κ3) is 3.66. The molecule has 2 aromatic rings. The highest BCUT2D eigenvalue weighted by Gasteiger charge is 2.20. The maximum Gasteiger partial charge on any atom is 0.119 e. The molecule has 20 heavy (non-hydrogen) atoms. The smallest absolute Gasteiger partial charge is 0.119 e. The summed E-state index contributed by atoms with van der Waals surface area (Å²) in [7, 11) is 1.66. The topological polar surface area (TPSA) is 48.1 Å². The molecule has 0 aliphatic heterocycles. The van der Waals surface area contributed by atoms with Gasteiger partial charge in [0.1, 0.15) is 10.8 Å². The van der Waals surface area contributed by atoms with Crippen molar-refractivity contribution in [1.82, 2.24) is 4.98 Å². The minimum Gasteiger partial charge on any atom is -0.497 e. The van der Waals surface area contributed by atoms with E-state index in [1.165, 1.54) is 0 Å². The quantitative estimate of drug-likeness (QED) is 0.850. The molecule has 0 saturated carbocycles. The second-order valence-electron chi connectivity index (χ2n) is 4.46. The molecule has 3 nitrogen and oxygen atoms in total. The molecule has 1 heterocycles. The van der Waals surface area contributed by atoms with Gasteiger partial charge in [-0.15, -0.1) is 0 Å². The zero-order valence-corrected chi connectivity index (χ0v) is 13.0. The zero-order valence-electron chi connectivity index (χ0n) is 11.4. The number of halogens is 1. The molecule has 0 fully saturated rings. The Bertz CT molecular complexity index is 577. The van der Waals surface area contributed by atoms with Crippen molar-refractivity contribution in [3.63, 3.8) is 0 Å². The maximum absolute atomic E-state index is 6.17. The molecule has 2 N–H and O–H groups in total. The molecular weight excluding hydrogens is 292 g/mol. The summed E-state index contributed by atoms with van der Waals surface area (Å²) in [6, 6.07) is 11.5. The lowest BCUT2D eigenvalue weighted by Gasteiger charge is -2.21. The van der Waals surface area contributed by atoms with Gasteiger partial charge in [0, 0.05) is 12.2 Å². The van der Waals surface area contributed by atoms with E-state index in [1.54, 1.807) is 25.1 Å². The summed E-state index contributed by atoms with van der Waals surface area (Å²) < 4.78 is 5.27. The van der Waals surface area contributed by atoms with Gasteiger partial charge in [-0.3, -0.25) is 0 Å². The van der Waals surface area contributed by atoms with E-state index in [0.29, 0.717) is 5.02 Å². The first-order valence-electron chi connectivity index (χ1n) is 6.28. The van der Waals surface area contributed by atoms with E-state index in [-0.39, 0.29) is 11.3 Å². The minimum atomic E-state index is -0.0369. The van der Waals surface area contributed by atoms with Gasteiger partial charge in [0.05, 0.1) is 17.4 Å². The Labute approximate surface area is 128 Å². The molecule has 0 aliphatic rings. The van der Waals surface area contributed by atoms with Crippen LogP contribution in [0.1, 0.15) is 17.7 Å². The highest BCUT2D eigenvalue weighted by molar-refractivity contribution is 7.99. The molecule has 1 aromatic carbocycles. The van der Waals surface area contributed by atoms with Gasteiger partial charge >= 0.3 is 0 Å². The van der Waals surface area contributed by atoms with Crippen molar-refractivity contribution in [1.29, 1.82) is 0 Å². The van der Waals surface area contributed by atoms with Crippen molar-refractivity contribution in [2.24, 2.45) is 5.73 Å². The van der Waals surface area contributed by atoms with Crippen LogP contribution in [-0.2, 0) is 0 Å². The summed E-state index contributed by atoms with van der Waals surface area (Å²) >= 11 is 7.74. The van der Waals surface area contributed by atoms with Crippen LogP contribution in [0.5, 0.6) is 5.75 Å². The number of methoxy groups -OCH3 is 1. The van der Waals surface area contributed by atoms with Gasteiger partial charge in [0.15, 0.2) is 0 Å². The van der Waals surface area contributed by atoms with E-state index in [2.05, 4.69) is 4.98 Å². The van der Waals surface area contributed by atoms with Gasteiger partial charge < -0.3 is 10.5 Å². The lowest BCUT2D eigenvalue weighted by atomic mass is 10.1. The molecule has 2 rings (SSSR count). The largest absolute Gasteiger partial charge is 0.497 e. The second kappa shape index (κ2) is 6.97. The Hall–Kier alpha value is -1.23. The van der Waals surface area contributed by atoms with E-state index >= 15 is 0 Å². The summed E-state index contributed by atoms with van der Waals surface area (Å²) in [6.45, 7) is 1.98. The average molecular weight is 309 g/mol. The SMILES string of the molecule is COc1cccc(C(Sc2ncccc2Cl)C(C)N)c1. The number of hydrogen-bond donors (Lipinski definition) is 1. The third-order valence-electron chi connectivity index (χ3n) is 2.86. The molecule has 5 heteroatoms. The predicted octanol–water partition coefficient (Wildman–Crippen LogP) is 3.92. The summed E-state index contributed by atoms with van der Waals surface area (Å²) in [5.74, 6) is 0.820. The first-order chi connectivity index (χ1) is 9.61. The number of rotatable bonds is 5. The normalized spacial score (nSPS) is 13.8. The number of thioether (sulfide) groups is 1. The van der Waals surface area contributed by atoms with E-state index in [4.69, 9.17) is 22.1 Å². The van der Waals surface area contributed by atoms with Crippen LogP contribution in [0.3, 0.4) is 0 Å². The van der Waals surface area contributed by atoms with E-state index in [0.717, 1.165) is 16.3 Å². The second-order valence-corrected chi connectivity index (χ2v) is 6.00. The van der Waals surface area contributed by atoms with Crippen LogP contribution in [0.4, 0.5) is 0 Å². The van der Waals surface area contributed by atoms with Crippen LogP contribution in [0.15, 0.2) is 47.6 Å². The first kappa shape index (κ1) is 15.2. The van der Waals surface area contributed by atoms with Gasteiger partial charge in [0.2, 0.25) is 0 Å². The standard InChI is InChI=1S/C15H17ClN2OS/c1-10(17)14(11-5-3-6-12(9-11)19-2)20-15-13(16)7-4-8-18-15/h3-10,14H,17H2,1-2H3. The molecule has 0 spiro atoms. The van der Waals surface area contributed by atoms with Gasteiger partial charge in [-0.05, 0) is 36.8 Å². The van der Waals surface area contributed by atoms with Crippen molar-refractivity contribution in [2.75, 3.05) is 7.11 Å². The number of hydrogen-bond acceptors (Lipinski definition) is 4. The van der Waals surface area contributed by atoms with Gasteiger partial charge in [0.25, 0.3) is 0 Å². The number of aromatic nitrogens is 1. The fraction of sp³-hybridized carbons (Fsp3) is 0.267. The molecule has 106 valence electrons. The number of benzene rings is 1. The molecule has 0 amide bonds. The van der Waals surface area contributed by atoms with Crippen molar-refractivity contribution < 1.29 is 4.74 Å². The number of ether oxygens (including phenoxy) is 1. The lowest BCUT2D eigenvalue weighted by Crippen LogP contribution is -2.22. The molecule has 0 bridgehead atoms. The molecule has 2 atom stereocenters. The molecule has 0 aliphatic carbocycles. The van der Waals surface area contributed by atoms with Crippen molar-refractivity contribution in [3.8, 4) is 5.75 Å². The molecule has 0 saturated heterocycles. The van der Waals surface area contributed by atoms with Crippen LogP contribution in [-0.4, -0.2) is 18.1 Å². The lowest BCUT2D eigenvalue weighted by molar-refractivity contribution is 0.414. The van der Waals surface area contributed by atoms with E-state index in [9.17, 15) is 0 Å². The maximum atomic E-state index is 6.17. The minimum absolute atomic E-state index is 0.0369. The van der Waals surface area contributed by atoms with Gasteiger partial charge in [-0.1, -0.05) is 35.5 Å². The number of pyridine rings is 1. The van der Waals surface area contributed by atoms with Crippen LogP contribution >= 0.6 is 23.4 Å². The van der Waals surface area contributed by atoms with E-state index < -0.39 is 0 Å². The molecule has 1 aromatic heterocycles. The third-order valence-corrected chi connectivity index (χ3v) is 4.78. The molecule has 0 radical (unpaired) electrons. The van der Waals surface area contributed by atoms with Crippen LogP contribution in [0, 0.1) is 0 Å². The van der Waals surface area contributed by atoms with Gasteiger partial charge in [-0.2, -0.15) is 0 Å². The molecule has 2 unspecified atom stereocenters. The van der Waals surface area contributed by atoms with Crippen molar-refractivity contribution in [3.05, 3.63) is 53.2 Å². The predicted molar refractivity (Wildman–Crippen MR) is 84.5 cm³/mol. The van der Waals surface area contributed by atoms with Crippen molar-refractivity contribution in [2.45, 2.75) is 23.2 Å². The van der Waals surface area contributed by atoms with Crippen LogP contribution in [0.25, 0.3) is 0 Å². The summed E-state index contributed by atoms with van der Waals surface area (Å²) in [5, 5.41) is 1.50. The fourth-order valence-electron chi connectivity index (χ4n) is 1.88. The number of nitrogens with zero attached hydrogens (tertiary/aromatic N) is 1. The zero-order chi connectivity index (χ0) is 14.5. The Morgan fingerprint density at radius 2 is 2.10 bits per heavy atom. The van der Waals surface area contributed by atoms with Crippen molar-refractivity contribution >= 4 is 23.4 Å². The Kier molecular flexibility index (Phi) is 5.29.